The van der Waals surface area contributed by atoms with Gasteiger partial charge < -0.3 is 4.90 Å². The van der Waals surface area contributed by atoms with Gasteiger partial charge in [0.15, 0.2) is 5.78 Å². The van der Waals surface area contributed by atoms with Gasteiger partial charge in [-0.05, 0) is 12.6 Å². The summed E-state index contributed by atoms with van der Waals surface area (Å²) in [5.74, 6) is 0.197. The fraction of sp³-hybridized carbons (Fsp3) is 0.316. The fourth-order valence-electron chi connectivity index (χ4n) is 2.68. The SMILES string of the molecule is CN(Cc1ccccc1)CC(C)(C)C(=O)c1ccccc1. The number of rotatable bonds is 6. The maximum Gasteiger partial charge on any atom is 0.169 e. The molecule has 21 heavy (non-hydrogen) atoms. The summed E-state index contributed by atoms with van der Waals surface area (Å²) in [7, 11) is 2.06. The van der Waals surface area contributed by atoms with Gasteiger partial charge in [-0.25, -0.2) is 0 Å². The average molecular weight is 281 g/mol. The molecule has 2 aromatic carbocycles. The summed E-state index contributed by atoms with van der Waals surface area (Å²) in [5.41, 5.74) is 1.66. The van der Waals surface area contributed by atoms with Crippen molar-refractivity contribution in [2.24, 2.45) is 5.41 Å². The molecule has 2 rings (SSSR count). The second kappa shape index (κ2) is 6.68. The molecule has 110 valence electrons. The number of carbonyl (C=O) groups excluding carboxylic acids is 1. The van der Waals surface area contributed by atoms with Crippen molar-refractivity contribution in [1.82, 2.24) is 4.90 Å². The van der Waals surface area contributed by atoms with Crippen molar-refractivity contribution in [3.8, 4) is 0 Å². The molecule has 0 aliphatic rings. The van der Waals surface area contributed by atoms with E-state index in [2.05, 4.69) is 24.1 Å². The highest BCUT2D eigenvalue weighted by Crippen LogP contribution is 2.23. The highest BCUT2D eigenvalue weighted by Gasteiger charge is 2.29. The van der Waals surface area contributed by atoms with Gasteiger partial charge in [0, 0.05) is 24.1 Å². The predicted molar refractivity (Wildman–Crippen MR) is 87.3 cm³/mol. The van der Waals surface area contributed by atoms with Crippen LogP contribution in [0.5, 0.6) is 0 Å². The maximum absolute atomic E-state index is 12.6. The minimum atomic E-state index is -0.398. The van der Waals surface area contributed by atoms with Crippen LogP contribution in [-0.2, 0) is 6.54 Å². The Hall–Kier alpha value is -1.93. The van der Waals surface area contributed by atoms with Crippen LogP contribution in [0, 0.1) is 5.41 Å². The standard InChI is InChI=1S/C19H23NO/c1-19(2,18(21)17-12-8-5-9-13-17)15-20(3)14-16-10-6-4-7-11-16/h4-13H,14-15H2,1-3H3. The Morgan fingerprint density at radius 2 is 1.48 bits per heavy atom. The summed E-state index contributed by atoms with van der Waals surface area (Å²) in [6, 6.07) is 19.9. The van der Waals surface area contributed by atoms with Crippen LogP contribution in [0.1, 0.15) is 29.8 Å². The molecule has 0 heterocycles. The van der Waals surface area contributed by atoms with Crippen molar-refractivity contribution in [3.63, 3.8) is 0 Å². The summed E-state index contributed by atoms with van der Waals surface area (Å²) in [5, 5.41) is 0. The molecule has 0 bridgehead atoms. The third kappa shape index (κ3) is 4.27. The molecule has 2 heteroatoms. The molecule has 0 radical (unpaired) electrons. The highest BCUT2D eigenvalue weighted by molar-refractivity contribution is 6.00. The van der Waals surface area contributed by atoms with Crippen molar-refractivity contribution in [2.75, 3.05) is 13.6 Å². The summed E-state index contributed by atoms with van der Waals surface area (Å²) in [4.78, 5) is 14.8. The van der Waals surface area contributed by atoms with Gasteiger partial charge in [0.1, 0.15) is 0 Å². The molecule has 0 fully saturated rings. The lowest BCUT2D eigenvalue weighted by molar-refractivity contribution is 0.0779. The first-order chi connectivity index (χ1) is 9.99. The van der Waals surface area contributed by atoms with Gasteiger partial charge in [-0.2, -0.15) is 0 Å². The van der Waals surface area contributed by atoms with E-state index in [9.17, 15) is 4.79 Å². The molecule has 0 saturated carbocycles. The Morgan fingerprint density at radius 3 is 2.05 bits per heavy atom. The van der Waals surface area contributed by atoms with Crippen LogP contribution in [0.3, 0.4) is 0 Å². The summed E-state index contributed by atoms with van der Waals surface area (Å²) in [6.45, 7) is 5.62. The first-order valence-corrected chi connectivity index (χ1v) is 7.31. The number of Topliss-reactive ketones (excluding diaryl/α,β-unsaturated/α-hetero) is 1. The quantitative estimate of drug-likeness (QED) is 0.745. The van der Waals surface area contributed by atoms with Gasteiger partial charge in [-0.1, -0.05) is 74.5 Å². The van der Waals surface area contributed by atoms with Crippen molar-refractivity contribution in [2.45, 2.75) is 20.4 Å². The van der Waals surface area contributed by atoms with Gasteiger partial charge in [0.25, 0.3) is 0 Å². The molecular weight excluding hydrogens is 258 g/mol. The third-order valence-corrected chi connectivity index (χ3v) is 3.61. The number of hydrogen-bond acceptors (Lipinski definition) is 2. The zero-order valence-electron chi connectivity index (χ0n) is 13.0. The smallest absolute Gasteiger partial charge is 0.169 e. The Kier molecular flexibility index (Phi) is 4.92. The second-order valence-corrected chi connectivity index (χ2v) is 6.24. The molecule has 2 aromatic rings. The van der Waals surface area contributed by atoms with Gasteiger partial charge in [-0.15, -0.1) is 0 Å². The van der Waals surface area contributed by atoms with E-state index in [0.717, 1.165) is 18.7 Å². The molecular formula is C19H23NO. The van der Waals surface area contributed by atoms with Crippen molar-refractivity contribution in [3.05, 3.63) is 71.8 Å². The zero-order chi connectivity index (χ0) is 15.3. The Bertz CT molecular complexity index is 575. The molecule has 0 aliphatic heterocycles. The lowest BCUT2D eigenvalue weighted by Crippen LogP contribution is -2.37. The van der Waals surface area contributed by atoms with Crippen molar-refractivity contribution < 1.29 is 4.79 Å². The van der Waals surface area contributed by atoms with Gasteiger partial charge in [0.2, 0.25) is 0 Å². The molecule has 0 spiro atoms. The first-order valence-electron chi connectivity index (χ1n) is 7.31. The fourth-order valence-corrected chi connectivity index (χ4v) is 2.68. The van der Waals surface area contributed by atoms with Crippen LogP contribution in [0.15, 0.2) is 60.7 Å². The molecule has 0 saturated heterocycles. The predicted octanol–water partition coefficient (Wildman–Crippen LogP) is 4.03. The summed E-state index contributed by atoms with van der Waals surface area (Å²) < 4.78 is 0. The minimum absolute atomic E-state index is 0.197. The number of carbonyl (C=O) groups is 1. The normalized spacial score (nSPS) is 11.6. The van der Waals surface area contributed by atoms with E-state index in [1.165, 1.54) is 5.56 Å². The molecule has 0 unspecified atom stereocenters. The minimum Gasteiger partial charge on any atom is -0.301 e. The Balaban J connectivity index is 2.01. The lowest BCUT2D eigenvalue weighted by atomic mass is 9.83. The van der Waals surface area contributed by atoms with Crippen molar-refractivity contribution >= 4 is 5.78 Å². The van der Waals surface area contributed by atoms with Crippen LogP contribution >= 0.6 is 0 Å². The monoisotopic (exact) mass is 281 g/mol. The van der Waals surface area contributed by atoms with Crippen LogP contribution in [0.25, 0.3) is 0 Å². The van der Waals surface area contributed by atoms with Crippen LogP contribution in [-0.4, -0.2) is 24.3 Å². The van der Waals surface area contributed by atoms with E-state index in [0.29, 0.717) is 0 Å². The van der Waals surface area contributed by atoms with E-state index in [1.807, 2.05) is 62.4 Å². The van der Waals surface area contributed by atoms with Gasteiger partial charge >= 0.3 is 0 Å². The largest absolute Gasteiger partial charge is 0.301 e. The summed E-state index contributed by atoms with van der Waals surface area (Å²) >= 11 is 0. The van der Waals surface area contributed by atoms with E-state index >= 15 is 0 Å². The lowest BCUT2D eigenvalue weighted by Gasteiger charge is -2.29. The van der Waals surface area contributed by atoms with E-state index in [1.54, 1.807) is 0 Å². The molecule has 0 aliphatic carbocycles. The van der Waals surface area contributed by atoms with Gasteiger partial charge in [-0.3, -0.25) is 4.79 Å². The highest BCUT2D eigenvalue weighted by atomic mass is 16.1. The number of hydrogen-bond donors (Lipinski definition) is 0. The van der Waals surface area contributed by atoms with Crippen LogP contribution in [0.4, 0.5) is 0 Å². The molecule has 0 atom stereocenters. The third-order valence-electron chi connectivity index (χ3n) is 3.61. The molecule has 0 N–H and O–H groups in total. The van der Waals surface area contributed by atoms with Crippen molar-refractivity contribution in [1.29, 1.82) is 0 Å². The number of nitrogens with zero attached hydrogens (tertiary/aromatic N) is 1. The van der Waals surface area contributed by atoms with Crippen LogP contribution < -0.4 is 0 Å². The molecule has 0 amide bonds. The number of ketones is 1. The van der Waals surface area contributed by atoms with E-state index in [4.69, 9.17) is 0 Å². The zero-order valence-corrected chi connectivity index (χ0v) is 13.0. The summed E-state index contributed by atoms with van der Waals surface area (Å²) in [6.07, 6.45) is 0. The topological polar surface area (TPSA) is 20.3 Å². The Labute approximate surface area is 127 Å². The second-order valence-electron chi connectivity index (χ2n) is 6.24. The molecule has 2 nitrogen and oxygen atoms in total. The van der Waals surface area contributed by atoms with E-state index < -0.39 is 5.41 Å². The number of benzene rings is 2. The maximum atomic E-state index is 12.6. The first kappa shape index (κ1) is 15.5. The Morgan fingerprint density at radius 1 is 0.952 bits per heavy atom. The van der Waals surface area contributed by atoms with Gasteiger partial charge in [0.05, 0.1) is 0 Å². The van der Waals surface area contributed by atoms with Crippen LogP contribution in [0.2, 0.25) is 0 Å². The molecule has 0 aromatic heterocycles. The average Bonchev–Trinajstić information content (AvgIpc) is 2.47. The van der Waals surface area contributed by atoms with E-state index in [-0.39, 0.29) is 5.78 Å².